The Morgan fingerprint density at radius 1 is 1.14 bits per heavy atom. The molecule has 2 aliphatic rings. The number of rotatable bonds is 5. The van der Waals surface area contributed by atoms with Gasteiger partial charge in [-0.05, 0) is 64.2 Å². The maximum absolute atomic E-state index is 13.3. The van der Waals surface area contributed by atoms with Crippen LogP contribution in [-0.4, -0.2) is 53.6 Å². The van der Waals surface area contributed by atoms with E-state index in [-0.39, 0.29) is 17.9 Å². The van der Waals surface area contributed by atoms with E-state index in [2.05, 4.69) is 0 Å². The number of hydrogen-bond donors (Lipinski definition) is 0. The zero-order valence-electron chi connectivity index (χ0n) is 17.4. The minimum Gasteiger partial charge on any atom is -0.497 e. The number of benzene rings is 1. The SMILES string of the molecule is COc1ccc(CN(C(=O)[C@H]2CCCN(C(=O)OC(C)(C)C)C2)C2CC2)cc1. The Morgan fingerprint density at radius 3 is 2.39 bits per heavy atom. The second kappa shape index (κ2) is 8.41. The van der Waals surface area contributed by atoms with E-state index in [4.69, 9.17) is 9.47 Å². The van der Waals surface area contributed by atoms with Gasteiger partial charge in [0.15, 0.2) is 0 Å². The molecule has 3 rings (SSSR count). The van der Waals surface area contributed by atoms with Crippen molar-refractivity contribution in [3.63, 3.8) is 0 Å². The molecular weight excluding hydrogens is 356 g/mol. The molecule has 2 fully saturated rings. The van der Waals surface area contributed by atoms with Gasteiger partial charge in [0.1, 0.15) is 11.4 Å². The highest BCUT2D eigenvalue weighted by Crippen LogP contribution is 2.32. The monoisotopic (exact) mass is 388 g/mol. The lowest BCUT2D eigenvalue weighted by Gasteiger charge is -2.36. The third-order valence-electron chi connectivity index (χ3n) is 5.21. The van der Waals surface area contributed by atoms with E-state index in [1.807, 2.05) is 49.9 Å². The van der Waals surface area contributed by atoms with E-state index in [0.717, 1.165) is 37.0 Å². The summed E-state index contributed by atoms with van der Waals surface area (Å²) in [5.74, 6) is 0.819. The normalized spacial score (nSPS) is 19.9. The van der Waals surface area contributed by atoms with Crippen molar-refractivity contribution < 1.29 is 19.1 Å². The largest absolute Gasteiger partial charge is 0.497 e. The maximum atomic E-state index is 13.3. The van der Waals surface area contributed by atoms with Gasteiger partial charge in [0.2, 0.25) is 5.91 Å². The highest BCUT2D eigenvalue weighted by Gasteiger charge is 2.38. The first-order chi connectivity index (χ1) is 13.3. The Labute approximate surface area is 167 Å². The molecule has 1 aliphatic carbocycles. The van der Waals surface area contributed by atoms with Crippen molar-refractivity contribution in [1.29, 1.82) is 0 Å². The lowest BCUT2D eigenvalue weighted by atomic mass is 9.96. The molecule has 154 valence electrons. The molecule has 6 nitrogen and oxygen atoms in total. The third kappa shape index (κ3) is 5.40. The van der Waals surface area contributed by atoms with Crippen LogP contribution in [-0.2, 0) is 16.1 Å². The number of amides is 2. The number of piperidine rings is 1. The number of likely N-dealkylation sites (tertiary alicyclic amines) is 1. The van der Waals surface area contributed by atoms with E-state index < -0.39 is 5.60 Å². The second-order valence-corrected chi connectivity index (χ2v) is 8.81. The van der Waals surface area contributed by atoms with Crippen LogP contribution in [0.3, 0.4) is 0 Å². The van der Waals surface area contributed by atoms with Gasteiger partial charge in [-0.1, -0.05) is 12.1 Å². The fraction of sp³-hybridized carbons (Fsp3) is 0.636. The number of hydrogen-bond acceptors (Lipinski definition) is 4. The van der Waals surface area contributed by atoms with Crippen molar-refractivity contribution in [3.05, 3.63) is 29.8 Å². The van der Waals surface area contributed by atoms with Gasteiger partial charge >= 0.3 is 6.09 Å². The molecule has 1 aromatic rings. The van der Waals surface area contributed by atoms with Gasteiger partial charge in [0, 0.05) is 25.7 Å². The minimum absolute atomic E-state index is 0.153. The van der Waals surface area contributed by atoms with Crippen LogP contribution in [0.25, 0.3) is 0 Å². The molecule has 0 bridgehead atoms. The van der Waals surface area contributed by atoms with Gasteiger partial charge in [-0.15, -0.1) is 0 Å². The first-order valence-electron chi connectivity index (χ1n) is 10.2. The Hall–Kier alpha value is -2.24. The lowest BCUT2D eigenvalue weighted by molar-refractivity contribution is -0.138. The maximum Gasteiger partial charge on any atom is 0.410 e. The minimum atomic E-state index is -0.525. The van der Waals surface area contributed by atoms with Crippen LogP contribution in [0, 0.1) is 5.92 Å². The first-order valence-corrected chi connectivity index (χ1v) is 10.2. The van der Waals surface area contributed by atoms with Crippen molar-refractivity contribution in [2.45, 2.75) is 64.6 Å². The number of ether oxygens (including phenoxy) is 2. The van der Waals surface area contributed by atoms with E-state index in [1.165, 1.54) is 0 Å². The van der Waals surface area contributed by atoms with Crippen LogP contribution in [0.2, 0.25) is 0 Å². The van der Waals surface area contributed by atoms with E-state index in [1.54, 1.807) is 12.0 Å². The molecule has 0 unspecified atom stereocenters. The van der Waals surface area contributed by atoms with Gasteiger partial charge < -0.3 is 19.3 Å². The summed E-state index contributed by atoms with van der Waals surface area (Å²) in [5.41, 5.74) is 0.573. The predicted molar refractivity (Wildman–Crippen MR) is 107 cm³/mol. The topological polar surface area (TPSA) is 59.1 Å². The molecule has 1 saturated carbocycles. The van der Waals surface area contributed by atoms with Crippen molar-refractivity contribution >= 4 is 12.0 Å². The van der Waals surface area contributed by atoms with Gasteiger partial charge in [0.25, 0.3) is 0 Å². The van der Waals surface area contributed by atoms with E-state index >= 15 is 0 Å². The standard InChI is InChI=1S/C22H32N2O4/c1-22(2,3)28-21(26)23-13-5-6-17(15-23)20(25)24(18-9-10-18)14-16-7-11-19(27-4)12-8-16/h7-8,11-12,17-18H,5-6,9-10,13-15H2,1-4H3/t17-/m0/s1. The Morgan fingerprint density at radius 2 is 1.82 bits per heavy atom. The molecule has 0 N–H and O–H groups in total. The molecule has 0 spiro atoms. The quantitative estimate of drug-likeness (QED) is 0.769. The lowest BCUT2D eigenvalue weighted by Crippen LogP contribution is -2.48. The van der Waals surface area contributed by atoms with Crippen LogP contribution < -0.4 is 4.74 Å². The van der Waals surface area contributed by atoms with Crippen molar-refractivity contribution in [3.8, 4) is 5.75 Å². The molecule has 1 heterocycles. The van der Waals surface area contributed by atoms with Crippen LogP contribution in [0.15, 0.2) is 24.3 Å². The van der Waals surface area contributed by atoms with Gasteiger partial charge in [-0.25, -0.2) is 4.79 Å². The molecule has 6 heteroatoms. The van der Waals surface area contributed by atoms with Gasteiger partial charge in [-0.3, -0.25) is 4.79 Å². The fourth-order valence-corrected chi connectivity index (χ4v) is 3.61. The Kier molecular flexibility index (Phi) is 6.16. The van der Waals surface area contributed by atoms with E-state index in [9.17, 15) is 9.59 Å². The zero-order valence-corrected chi connectivity index (χ0v) is 17.4. The molecule has 28 heavy (non-hydrogen) atoms. The van der Waals surface area contributed by atoms with Gasteiger partial charge in [-0.2, -0.15) is 0 Å². The Bertz CT molecular complexity index is 691. The second-order valence-electron chi connectivity index (χ2n) is 8.81. The number of methoxy groups -OCH3 is 1. The molecule has 1 aromatic carbocycles. The molecule has 2 amide bonds. The molecule has 0 aromatic heterocycles. The average molecular weight is 389 g/mol. The molecular formula is C22H32N2O4. The van der Waals surface area contributed by atoms with E-state index in [0.29, 0.717) is 25.7 Å². The number of nitrogens with zero attached hydrogens (tertiary/aromatic N) is 2. The van der Waals surface area contributed by atoms with Gasteiger partial charge in [0.05, 0.1) is 13.0 Å². The highest BCUT2D eigenvalue weighted by atomic mass is 16.6. The molecule has 1 aliphatic heterocycles. The fourth-order valence-electron chi connectivity index (χ4n) is 3.61. The summed E-state index contributed by atoms with van der Waals surface area (Å²) in [6, 6.07) is 8.20. The summed E-state index contributed by atoms with van der Waals surface area (Å²) >= 11 is 0. The summed E-state index contributed by atoms with van der Waals surface area (Å²) in [6.07, 6.45) is 3.45. The summed E-state index contributed by atoms with van der Waals surface area (Å²) < 4.78 is 10.7. The smallest absolute Gasteiger partial charge is 0.410 e. The summed E-state index contributed by atoms with van der Waals surface area (Å²) in [7, 11) is 1.65. The highest BCUT2D eigenvalue weighted by molar-refractivity contribution is 5.81. The van der Waals surface area contributed by atoms with Crippen molar-refractivity contribution in [2.24, 2.45) is 5.92 Å². The summed E-state index contributed by atoms with van der Waals surface area (Å²) in [5, 5.41) is 0. The van der Waals surface area contributed by atoms with Crippen LogP contribution in [0.1, 0.15) is 52.0 Å². The molecule has 1 atom stereocenters. The number of carbonyl (C=O) groups excluding carboxylic acids is 2. The number of carbonyl (C=O) groups is 2. The zero-order chi connectivity index (χ0) is 20.3. The van der Waals surface area contributed by atoms with Crippen LogP contribution in [0.5, 0.6) is 5.75 Å². The molecule has 0 radical (unpaired) electrons. The predicted octanol–water partition coefficient (Wildman–Crippen LogP) is 3.83. The molecule has 1 saturated heterocycles. The third-order valence-corrected chi connectivity index (χ3v) is 5.21. The summed E-state index contributed by atoms with van der Waals surface area (Å²) in [4.78, 5) is 29.4. The summed E-state index contributed by atoms with van der Waals surface area (Å²) in [6.45, 7) is 7.29. The van der Waals surface area contributed by atoms with Crippen LogP contribution in [0.4, 0.5) is 4.79 Å². The van der Waals surface area contributed by atoms with Crippen LogP contribution >= 0.6 is 0 Å². The first kappa shape index (κ1) is 20.5. The van der Waals surface area contributed by atoms with Crippen molar-refractivity contribution in [2.75, 3.05) is 20.2 Å². The van der Waals surface area contributed by atoms with Crippen molar-refractivity contribution in [1.82, 2.24) is 9.80 Å². The average Bonchev–Trinajstić information content (AvgIpc) is 3.50. The Balaban J connectivity index is 1.64.